The van der Waals surface area contributed by atoms with Crippen LogP contribution in [0.2, 0.25) is 0 Å². The highest BCUT2D eigenvalue weighted by atomic mass is 79.9. The van der Waals surface area contributed by atoms with E-state index in [0.29, 0.717) is 80.0 Å². The van der Waals surface area contributed by atoms with E-state index >= 15 is 0 Å². The Labute approximate surface area is 283 Å². The maximum atomic E-state index is 11.8. The number of nitrogens with one attached hydrogen (secondary N) is 3. The van der Waals surface area contributed by atoms with E-state index in [2.05, 4.69) is 66.7 Å². The van der Waals surface area contributed by atoms with Crippen LogP contribution in [0.5, 0.6) is 0 Å². The van der Waals surface area contributed by atoms with E-state index < -0.39 is 0 Å². The number of aromatic nitrogens is 8. The van der Waals surface area contributed by atoms with Gasteiger partial charge in [0.25, 0.3) is 0 Å². The van der Waals surface area contributed by atoms with Gasteiger partial charge in [0, 0.05) is 33.3 Å². The molecule has 4 heterocycles. The van der Waals surface area contributed by atoms with Crippen molar-refractivity contribution in [2.75, 3.05) is 11.5 Å². The molecule has 0 spiro atoms. The van der Waals surface area contributed by atoms with Gasteiger partial charge < -0.3 is 26.4 Å². The molecule has 0 fully saturated rings. The Balaban J connectivity index is 0.000000136. The molecule has 47 heavy (non-hydrogen) atoms. The number of carbonyl (C=O) groups is 2. The number of benzene rings is 2. The number of hydrogen-bond donors (Lipinski definition) is 5. The van der Waals surface area contributed by atoms with Crippen molar-refractivity contribution in [3.63, 3.8) is 0 Å². The molecule has 6 aromatic rings. The van der Waals surface area contributed by atoms with Crippen LogP contribution in [0, 0.1) is 22.7 Å². The summed E-state index contributed by atoms with van der Waals surface area (Å²) >= 11 is 9.46. The van der Waals surface area contributed by atoms with Crippen LogP contribution in [0.1, 0.15) is 50.2 Å². The summed E-state index contributed by atoms with van der Waals surface area (Å²) in [6, 6.07) is 9.27. The number of Topliss-reactive ketones (excluding diaryl/α,β-unsaturated/α-hetero) is 2. The highest BCUT2D eigenvalue weighted by Gasteiger charge is 2.23. The monoisotopic (exact) mass is 724 g/mol. The fraction of sp³-hybridized carbons (Fsp3) is 0.133. The number of nitrogens with zero attached hydrogens (tertiary/aromatic N) is 7. The van der Waals surface area contributed by atoms with Crippen LogP contribution >= 0.6 is 39.9 Å². The van der Waals surface area contributed by atoms with E-state index in [4.69, 9.17) is 30.3 Å². The first kappa shape index (κ1) is 31.5. The Hall–Kier alpha value is -5.49. The Morgan fingerprint density at radius 3 is 2.21 bits per heavy atom. The molecule has 2 aliphatic carbocycles. The normalized spacial score (nSPS) is 12.8. The maximum Gasteiger partial charge on any atom is 0.201 e. The average Bonchev–Trinajstić information content (AvgIpc) is 3.83. The number of nitrogens with two attached hydrogens (primary N) is 2. The van der Waals surface area contributed by atoms with Gasteiger partial charge >= 0.3 is 0 Å². The highest BCUT2D eigenvalue weighted by Crippen LogP contribution is 2.35. The lowest BCUT2D eigenvalue weighted by atomic mass is 10.1. The summed E-state index contributed by atoms with van der Waals surface area (Å²) in [6.45, 7) is 6.90. The van der Waals surface area contributed by atoms with E-state index in [-0.39, 0.29) is 11.6 Å². The lowest BCUT2D eigenvalue weighted by Crippen LogP contribution is -1.94. The topological polar surface area (TPSA) is 226 Å². The van der Waals surface area contributed by atoms with Crippen molar-refractivity contribution >= 4 is 91.1 Å². The zero-order valence-corrected chi connectivity index (χ0v) is 27.3. The number of carbonyl (C=O) groups excluding carboxylic acids is 2. The Bertz CT molecular complexity index is 2390. The van der Waals surface area contributed by atoms with Crippen molar-refractivity contribution in [3.05, 3.63) is 85.4 Å². The van der Waals surface area contributed by atoms with Crippen LogP contribution in [0.25, 0.3) is 27.2 Å². The van der Waals surface area contributed by atoms with Gasteiger partial charge in [-0.15, -0.1) is 0 Å². The van der Waals surface area contributed by atoms with E-state index in [0.717, 1.165) is 32.5 Å². The molecule has 0 amide bonds. The van der Waals surface area contributed by atoms with Crippen LogP contribution in [-0.4, -0.2) is 51.4 Å². The number of imidazole rings is 2. The third-order valence-corrected chi connectivity index (χ3v) is 9.10. The predicted molar refractivity (Wildman–Crippen MR) is 181 cm³/mol. The van der Waals surface area contributed by atoms with Gasteiger partial charge in [-0.3, -0.25) is 9.59 Å². The molecule has 17 heteroatoms. The van der Waals surface area contributed by atoms with E-state index in [1.807, 2.05) is 12.1 Å². The van der Waals surface area contributed by atoms with Crippen LogP contribution < -0.4 is 11.5 Å². The van der Waals surface area contributed by atoms with Gasteiger partial charge in [-0.05, 0) is 54.4 Å². The van der Waals surface area contributed by atoms with E-state index in [1.54, 1.807) is 12.1 Å². The SMILES string of the molecule is N#Cc1cc2c(cc1Sc1nc3ncnc(N)c3[nH]1)CCC2=O.Nc1ncnc2[nH]c(=S)[nH]c12.[C-]#[N+]c1cc2c(cc1Br)CCC2=O. The zero-order chi connectivity index (χ0) is 33.2. The summed E-state index contributed by atoms with van der Waals surface area (Å²) in [6.07, 6.45) is 5.36. The molecule has 7 N–H and O–H groups in total. The van der Waals surface area contributed by atoms with Crippen molar-refractivity contribution < 1.29 is 9.59 Å². The molecule has 232 valence electrons. The third kappa shape index (κ3) is 6.45. The molecular weight excluding hydrogens is 704 g/mol. The van der Waals surface area contributed by atoms with Crippen LogP contribution in [-0.2, 0) is 12.8 Å². The highest BCUT2D eigenvalue weighted by molar-refractivity contribution is 9.10. The van der Waals surface area contributed by atoms with Crippen molar-refractivity contribution in [2.24, 2.45) is 0 Å². The van der Waals surface area contributed by atoms with Crippen molar-refractivity contribution in [1.82, 2.24) is 39.9 Å². The number of H-pyrrole nitrogens is 3. The molecule has 0 unspecified atom stereocenters. The molecule has 8 rings (SSSR count). The quantitative estimate of drug-likeness (QED) is 0.105. The van der Waals surface area contributed by atoms with Crippen molar-refractivity contribution in [2.45, 2.75) is 35.7 Å². The molecule has 2 aliphatic rings. The smallest absolute Gasteiger partial charge is 0.201 e. The number of aryl methyl sites for hydroxylation is 2. The summed E-state index contributed by atoms with van der Waals surface area (Å²) in [5, 5.41) is 9.93. The molecule has 0 saturated heterocycles. The molecular formula is C30H21BrN12O2S2. The van der Waals surface area contributed by atoms with Crippen molar-refractivity contribution in [1.29, 1.82) is 5.26 Å². The minimum absolute atomic E-state index is 0.0971. The first-order valence-electron chi connectivity index (χ1n) is 13.8. The number of ketones is 2. The second-order valence-corrected chi connectivity index (χ2v) is 12.5. The number of nitriles is 1. The fourth-order valence-corrected chi connectivity index (χ4v) is 6.62. The van der Waals surface area contributed by atoms with Gasteiger partial charge in [0.1, 0.15) is 29.8 Å². The second-order valence-electron chi connectivity index (χ2n) is 10.2. The average molecular weight is 726 g/mol. The molecule has 2 aromatic carbocycles. The second kappa shape index (κ2) is 13.1. The Morgan fingerprint density at radius 2 is 1.55 bits per heavy atom. The largest absolute Gasteiger partial charge is 0.382 e. The molecule has 0 aliphatic heterocycles. The Kier molecular flexibility index (Phi) is 8.77. The fourth-order valence-electron chi connectivity index (χ4n) is 5.03. The maximum absolute atomic E-state index is 11.8. The van der Waals surface area contributed by atoms with Gasteiger partial charge in [-0.1, -0.05) is 33.8 Å². The summed E-state index contributed by atoms with van der Waals surface area (Å²) < 4.78 is 1.29. The third-order valence-electron chi connectivity index (χ3n) is 7.31. The summed E-state index contributed by atoms with van der Waals surface area (Å²) in [5.41, 5.74) is 18.1. The molecule has 0 atom stereocenters. The molecule has 0 bridgehead atoms. The van der Waals surface area contributed by atoms with E-state index in [1.165, 1.54) is 24.4 Å². The molecule has 0 radical (unpaired) electrons. The number of rotatable bonds is 2. The minimum Gasteiger partial charge on any atom is -0.382 e. The van der Waals surface area contributed by atoms with Crippen LogP contribution in [0.15, 0.2) is 51.4 Å². The first-order chi connectivity index (χ1) is 22.6. The number of nitrogen functional groups attached to an aromatic ring is 2. The van der Waals surface area contributed by atoms with Gasteiger partial charge in [0.15, 0.2) is 44.4 Å². The Morgan fingerprint density at radius 1 is 0.894 bits per heavy atom. The lowest BCUT2D eigenvalue weighted by Gasteiger charge is -2.05. The first-order valence-corrected chi connectivity index (χ1v) is 15.8. The van der Waals surface area contributed by atoms with Crippen LogP contribution in [0.4, 0.5) is 17.3 Å². The molecule has 0 saturated carbocycles. The molecule has 4 aromatic heterocycles. The molecule has 14 nitrogen and oxygen atoms in total. The standard InChI is InChI=1S/C15H10N6OS.C10H6BrNO.C5H5N5S/c16-5-8-3-9-7(1-2-10(9)22)4-11(8)23-15-20-12-13(17)18-6-19-14(12)21-15;1-12-9-5-7-6(4-8(9)11)2-3-10(7)13;6-3-2-4(8-1-7-3)10-5(11)9-2/h3-4,6H,1-2H2,(H3,17,18,19,20,21);4-5H,2-3H2;1H,(H4,6,7,8,9,10,11). The lowest BCUT2D eigenvalue weighted by molar-refractivity contribution is 0.0986. The van der Waals surface area contributed by atoms with Crippen LogP contribution in [0.3, 0.4) is 0 Å². The van der Waals surface area contributed by atoms with E-state index in [9.17, 15) is 14.9 Å². The number of anilines is 2. The number of fused-ring (bicyclic) bond motifs is 4. The summed E-state index contributed by atoms with van der Waals surface area (Å²) in [4.78, 5) is 56.0. The zero-order valence-electron chi connectivity index (χ0n) is 24.1. The van der Waals surface area contributed by atoms with Crippen molar-refractivity contribution in [3.8, 4) is 6.07 Å². The predicted octanol–water partition coefficient (Wildman–Crippen LogP) is 5.81. The van der Waals surface area contributed by atoms with Gasteiger partial charge in [0.2, 0.25) is 5.69 Å². The number of aromatic amines is 3. The number of halogens is 1. The minimum atomic E-state index is 0.0971. The number of hydrogen-bond acceptors (Lipinski definition) is 12. The van der Waals surface area contributed by atoms with Gasteiger partial charge in [-0.2, -0.15) is 5.26 Å². The van der Waals surface area contributed by atoms with Gasteiger partial charge in [-0.25, -0.2) is 29.8 Å². The summed E-state index contributed by atoms with van der Waals surface area (Å²) in [5.74, 6) is 0.990. The van der Waals surface area contributed by atoms with Gasteiger partial charge in [0.05, 0.1) is 12.1 Å². The summed E-state index contributed by atoms with van der Waals surface area (Å²) in [7, 11) is 0.